The topological polar surface area (TPSA) is 56.2 Å². The molecule has 1 heterocycles. The molecule has 2 aromatic rings. The van der Waals surface area contributed by atoms with E-state index in [1.165, 1.54) is 29.1 Å². The van der Waals surface area contributed by atoms with Crippen LogP contribution in [0.25, 0.3) is 0 Å². The Bertz CT molecular complexity index is 653. The number of carbonyl (C=O) groups excluding carboxylic acids is 1. The van der Waals surface area contributed by atoms with E-state index in [4.69, 9.17) is 4.74 Å². The van der Waals surface area contributed by atoms with E-state index in [-0.39, 0.29) is 24.1 Å². The monoisotopic (exact) mass is 313 g/mol. The summed E-state index contributed by atoms with van der Waals surface area (Å²) in [6, 6.07) is 6.06. The van der Waals surface area contributed by atoms with Gasteiger partial charge in [-0.05, 0) is 31.2 Å². The molecule has 0 atom stereocenters. The molecule has 1 aromatic carbocycles. The molecule has 0 spiro atoms. The highest BCUT2D eigenvalue weighted by molar-refractivity contribution is 5.92. The summed E-state index contributed by atoms with van der Waals surface area (Å²) >= 11 is 0. The number of nitrogens with one attached hydrogen (secondary N) is 1. The first-order valence-corrected chi connectivity index (χ1v) is 6.52. The molecule has 1 aromatic heterocycles. The third-order valence-corrected chi connectivity index (χ3v) is 2.74. The number of halogens is 3. The molecule has 0 radical (unpaired) electrons. The van der Waals surface area contributed by atoms with E-state index in [0.717, 1.165) is 12.1 Å². The molecule has 2 rings (SSSR count). The molecule has 1 N–H and O–H groups in total. The normalized spacial score (nSPS) is 11.3. The first-order valence-electron chi connectivity index (χ1n) is 6.52. The number of aromatic nitrogens is 2. The van der Waals surface area contributed by atoms with Gasteiger partial charge in [0.15, 0.2) is 6.73 Å². The molecule has 22 heavy (non-hydrogen) atoms. The molecule has 5 nitrogen and oxygen atoms in total. The second-order valence-corrected chi connectivity index (χ2v) is 4.40. The Morgan fingerprint density at radius 1 is 1.36 bits per heavy atom. The zero-order chi connectivity index (χ0) is 16.2. The van der Waals surface area contributed by atoms with Crippen molar-refractivity contribution in [2.75, 3.05) is 6.54 Å². The van der Waals surface area contributed by atoms with E-state index < -0.39 is 11.7 Å². The Hall–Kier alpha value is -2.51. The molecule has 8 heteroatoms. The Morgan fingerprint density at radius 3 is 2.82 bits per heavy atom. The Morgan fingerprint density at radius 2 is 2.14 bits per heavy atom. The van der Waals surface area contributed by atoms with Gasteiger partial charge >= 0.3 is 6.18 Å². The Balaban J connectivity index is 2.00. The predicted molar refractivity (Wildman–Crippen MR) is 72.3 cm³/mol. The Kier molecular flexibility index (Phi) is 4.69. The molecule has 0 saturated heterocycles. The van der Waals surface area contributed by atoms with Crippen LogP contribution < -0.4 is 10.1 Å². The average molecular weight is 313 g/mol. The van der Waals surface area contributed by atoms with Crippen LogP contribution >= 0.6 is 0 Å². The maximum atomic E-state index is 12.6. The molecule has 0 saturated carbocycles. The molecule has 1 amide bonds. The third kappa shape index (κ3) is 4.00. The van der Waals surface area contributed by atoms with Crippen molar-refractivity contribution >= 4 is 5.91 Å². The number of ether oxygens (including phenoxy) is 1. The van der Waals surface area contributed by atoms with Crippen molar-refractivity contribution in [2.24, 2.45) is 0 Å². The molecule has 0 unspecified atom stereocenters. The molecule has 0 bridgehead atoms. The van der Waals surface area contributed by atoms with Gasteiger partial charge in [0.2, 0.25) is 0 Å². The summed E-state index contributed by atoms with van der Waals surface area (Å²) in [6.45, 7) is 2.17. The van der Waals surface area contributed by atoms with Crippen molar-refractivity contribution in [1.82, 2.24) is 15.1 Å². The SMILES string of the molecule is CCNC(=O)c1ccn(COc2cccc(C(F)(F)F)c2)n1. The van der Waals surface area contributed by atoms with Gasteiger partial charge in [-0.15, -0.1) is 0 Å². The van der Waals surface area contributed by atoms with Crippen LogP contribution in [0, 0.1) is 0 Å². The van der Waals surface area contributed by atoms with Crippen molar-refractivity contribution in [1.29, 1.82) is 0 Å². The van der Waals surface area contributed by atoms with Crippen LogP contribution in [0.5, 0.6) is 5.75 Å². The van der Waals surface area contributed by atoms with Crippen LogP contribution in [-0.4, -0.2) is 22.2 Å². The van der Waals surface area contributed by atoms with E-state index in [1.807, 2.05) is 0 Å². The van der Waals surface area contributed by atoms with E-state index in [1.54, 1.807) is 6.92 Å². The van der Waals surface area contributed by atoms with Crippen LogP contribution in [0.15, 0.2) is 36.5 Å². The number of hydrogen-bond acceptors (Lipinski definition) is 3. The second kappa shape index (κ2) is 6.50. The van der Waals surface area contributed by atoms with Crippen molar-refractivity contribution in [3.8, 4) is 5.75 Å². The number of hydrogen-bond donors (Lipinski definition) is 1. The molecule has 118 valence electrons. The van der Waals surface area contributed by atoms with Gasteiger partial charge < -0.3 is 10.1 Å². The highest BCUT2D eigenvalue weighted by atomic mass is 19.4. The summed E-state index contributed by atoms with van der Waals surface area (Å²) in [4.78, 5) is 11.5. The van der Waals surface area contributed by atoms with Gasteiger partial charge in [-0.3, -0.25) is 4.79 Å². The van der Waals surface area contributed by atoms with E-state index in [0.29, 0.717) is 6.54 Å². The van der Waals surface area contributed by atoms with Gasteiger partial charge in [-0.1, -0.05) is 6.07 Å². The fourth-order valence-electron chi connectivity index (χ4n) is 1.71. The summed E-state index contributed by atoms with van der Waals surface area (Å²) in [7, 11) is 0. The minimum Gasteiger partial charge on any atom is -0.471 e. The van der Waals surface area contributed by atoms with Gasteiger partial charge in [0.05, 0.1) is 5.56 Å². The predicted octanol–water partition coefficient (Wildman–Crippen LogP) is 2.69. The maximum absolute atomic E-state index is 12.6. The fraction of sp³-hybridized carbons (Fsp3) is 0.286. The summed E-state index contributed by atoms with van der Waals surface area (Å²) in [5.74, 6) is -0.245. The first kappa shape index (κ1) is 15.9. The minimum absolute atomic E-state index is 0.0740. The van der Waals surface area contributed by atoms with E-state index >= 15 is 0 Å². The van der Waals surface area contributed by atoms with Gasteiger partial charge in [0.25, 0.3) is 5.91 Å². The number of alkyl halides is 3. The van der Waals surface area contributed by atoms with Crippen molar-refractivity contribution < 1.29 is 22.7 Å². The number of nitrogens with zero attached hydrogens (tertiary/aromatic N) is 2. The molecular weight excluding hydrogens is 299 g/mol. The lowest BCUT2D eigenvalue weighted by molar-refractivity contribution is -0.137. The lowest BCUT2D eigenvalue weighted by Gasteiger charge is -2.10. The van der Waals surface area contributed by atoms with Crippen molar-refractivity contribution in [3.05, 3.63) is 47.8 Å². The molecule has 0 fully saturated rings. The number of carbonyl (C=O) groups is 1. The largest absolute Gasteiger partial charge is 0.471 e. The number of benzene rings is 1. The highest BCUT2D eigenvalue weighted by Crippen LogP contribution is 2.31. The summed E-state index contributed by atoms with van der Waals surface area (Å²) in [5.41, 5.74) is -0.567. The standard InChI is InChI=1S/C14H14F3N3O2/c1-2-18-13(21)12-6-7-20(19-12)9-22-11-5-3-4-10(8-11)14(15,16)17/h3-8H,2,9H2,1H3,(H,18,21). The average Bonchev–Trinajstić information content (AvgIpc) is 2.94. The number of amides is 1. The van der Waals surface area contributed by atoms with Crippen LogP contribution in [0.2, 0.25) is 0 Å². The van der Waals surface area contributed by atoms with Gasteiger partial charge in [0.1, 0.15) is 11.4 Å². The quantitative estimate of drug-likeness (QED) is 0.923. The first-order chi connectivity index (χ1) is 10.4. The van der Waals surface area contributed by atoms with Crippen molar-refractivity contribution in [2.45, 2.75) is 19.8 Å². The van der Waals surface area contributed by atoms with Crippen molar-refractivity contribution in [3.63, 3.8) is 0 Å². The van der Waals surface area contributed by atoms with Crippen LogP contribution in [-0.2, 0) is 12.9 Å². The summed E-state index contributed by atoms with van der Waals surface area (Å²) < 4.78 is 44.3. The van der Waals surface area contributed by atoms with Gasteiger partial charge in [-0.25, -0.2) is 4.68 Å². The van der Waals surface area contributed by atoms with Crippen LogP contribution in [0.4, 0.5) is 13.2 Å². The molecule has 0 aliphatic heterocycles. The van der Waals surface area contributed by atoms with E-state index in [9.17, 15) is 18.0 Å². The zero-order valence-corrected chi connectivity index (χ0v) is 11.7. The van der Waals surface area contributed by atoms with Crippen LogP contribution in [0.1, 0.15) is 23.0 Å². The maximum Gasteiger partial charge on any atom is 0.416 e. The third-order valence-electron chi connectivity index (χ3n) is 2.74. The molecular formula is C14H14F3N3O2. The number of rotatable bonds is 5. The smallest absolute Gasteiger partial charge is 0.416 e. The van der Waals surface area contributed by atoms with Gasteiger partial charge in [0, 0.05) is 12.7 Å². The lowest BCUT2D eigenvalue weighted by Crippen LogP contribution is -2.23. The Labute approximate surface area is 124 Å². The zero-order valence-electron chi connectivity index (χ0n) is 11.7. The minimum atomic E-state index is -4.42. The molecule has 0 aliphatic carbocycles. The van der Waals surface area contributed by atoms with Gasteiger partial charge in [-0.2, -0.15) is 18.3 Å². The summed E-state index contributed by atoms with van der Waals surface area (Å²) in [5, 5.41) is 6.56. The van der Waals surface area contributed by atoms with E-state index in [2.05, 4.69) is 10.4 Å². The fourth-order valence-corrected chi connectivity index (χ4v) is 1.71. The molecule has 0 aliphatic rings. The second-order valence-electron chi connectivity index (χ2n) is 4.40. The summed E-state index contributed by atoms with van der Waals surface area (Å²) in [6.07, 6.45) is -2.91. The highest BCUT2D eigenvalue weighted by Gasteiger charge is 2.30. The van der Waals surface area contributed by atoms with Crippen LogP contribution in [0.3, 0.4) is 0 Å². The lowest BCUT2D eigenvalue weighted by atomic mass is 10.2.